The predicted octanol–water partition coefficient (Wildman–Crippen LogP) is 7.16. The van der Waals surface area contributed by atoms with Crippen LogP contribution in [0.2, 0.25) is 0 Å². The highest BCUT2D eigenvalue weighted by Crippen LogP contribution is 2.17. The Bertz CT molecular complexity index is 1720. The summed E-state index contributed by atoms with van der Waals surface area (Å²) in [5, 5.41) is 5.41. The lowest BCUT2D eigenvalue weighted by atomic mass is 10.1. The van der Waals surface area contributed by atoms with Gasteiger partial charge in [0.05, 0.1) is 6.26 Å². The maximum atomic E-state index is 13.1. The summed E-state index contributed by atoms with van der Waals surface area (Å²) in [5.41, 5.74) is 3.27. The first-order chi connectivity index (χ1) is 21.0. The maximum absolute atomic E-state index is 13.1. The zero-order valence-corrected chi connectivity index (χ0v) is 23.1. The number of hydrogen-bond donors (Lipinski definition) is 2. The van der Waals surface area contributed by atoms with E-state index < -0.39 is 11.8 Å². The van der Waals surface area contributed by atoms with E-state index in [1.54, 1.807) is 72.8 Å². The second kappa shape index (κ2) is 14.1. The Morgan fingerprint density at radius 3 is 2.09 bits per heavy atom. The van der Waals surface area contributed by atoms with Gasteiger partial charge in [-0.25, -0.2) is 0 Å². The van der Waals surface area contributed by atoms with E-state index in [1.165, 1.54) is 18.4 Å². The Morgan fingerprint density at radius 1 is 0.721 bits per heavy atom. The Labute approximate surface area is 249 Å². The molecular weight excluding hydrogens is 540 g/mol. The van der Waals surface area contributed by atoms with Gasteiger partial charge < -0.3 is 19.8 Å². The van der Waals surface area contributed by atoms with Crippen molar-refractivity contribution in [3.05, 3.63) is 167 Å². The number of allylic oxidation sites excluding steroid dienone is 1. The molecular formula is C36H28N2O5. The molecule has 0 radical (unpaired) electrons. The molecule has 2 amide bonds. The Kier molecular flexibility index (Phi) is 9.37. The van der Waals surface area contributed by atoms with Gasteiger partial charge >= 0.3 is 0 Å². The van der Waals surface area contributed by atoms with Gasteiger partial charge in [-0.1, -0.05) is 66.7 Å². The van der Waals surface area contributed by atoms with E-state index in [1.807, 2.05) is 54.6 Å². The molecule has 0 saturated heterocycles. The zero-order valence-electron chi connectivity index (χ0n) is 23.1. The molecule has 0 atom stereocenters. The predicted molar refractivity (Wildman–Crippen MR) is 166 cm³/mol. The smallest absolute Gasteiger partial charge is 0.272 e. The van der Waals surface area contributed by atoms with E-state index in [4.69, 9.17) is 9.15 Å². The molecule has 43 heavy (non-hydrogen) atoms. The van der Waals surface area contributed by atoms with Crippen molar-refractivity contribution in [2.24, 2.45) is 0 Å². The van der Waals surface area contributed by atoms with Crippen molar-refractivity contribution in [2.75, 3.05) is 5.32 Å². The lowest BCUT2D eigenvalue weighted by Crippen LogP contribution is -2.30. The molecule has 2 N–H and O–H groups in total. The number of furan rings is 1. The van der Waals surface area contributed by atoms with Crippen molar-refractivity contribution in [1.29, 1.82) is 0 Å². The van der Waals surface area contributed by atoms with Crippen LogP contribution in [0.25, 0.3) is 12.2 Å². The average molecular weight is 569 g/mol. The van der Waals surface area contributed by atoms with Gasteiger partial charge in [-0.05, 0) is 77.9 Å². The largest absolute Gasteiger partial charge is 0.489 e. The molecule has 7 heteroatoms. The van der Waals surface area contributed by atoms with E-state index in [0.29, 0.717) is 29.2 Å². The van der Waals surface area contributed by atoms with E-state index in [-0.39, 0.29) is 11.5 Å². The number of rotatable bonds is 11. The average Bonchev–Trinajstić information content (AvgIpc) is 3.57. The third-order valence-electron chi connectivity index (χ3n) is 6.34. The first-order valence-corrected chi connectivity index (χ1v) is 13.6. The van der Waals surface area contributed by atoms with Crippen LogP contribution in [-0.4, -0.2) is 17.6 Å². The minimum absolute atomic E-state index is 0.00312. The number of nitrogens with one attached hydrogen (secondary N) is 2. The molecule has 4 aromatic carbocycles. The summed E-state index contributed by atoms with van der Waals surface area (Å²) in [4.78, 5) is 38.6. The van der Waals surface area contributed by atoms with Crippen molar-refractivity contribution >= 4 is 35.4 Å². The van der Waals surface area contributed by atoms with Crippen LogP contribution in [0.4, 0.5) is 5.69 Å². The minimum Gasteiger partial charge on any atom is -0.489 e. The van der Waals surface area contributed by atoms with Gasteiger partial charge in [0.15, 0.2) is 5.78 Å². The SMILES string of the molecule is O=C(Nc1ccc(C(=O)/C=C/c2ccc(OCc3ccccc3)cc2)cc1)/C(=C/c1ccco1)NC(=O)c1ccccc1. The molecule has 212 valence electrons. The van der Waals surface area contributed by atoms with Crippen molar-refractivity contribution < 1.29 is 23.5 Å². The van der Waals surface area contributed by atoms with Crippen LogP contribution in [-0.2, 0) is 11.4 Å². The van der Waals surface area contributed by atoms with Crippen LogP contribution in [0.15, 0.2) is 144 Å². The van der Waals surface area contributed by atoms with E-state index in [9.17, 15) is 14.4 Å². The van der Waals surface area contributed by atoms with Crippen LogP contribution < -0.4 is 15.4 Å². The van der Waals surface area contributed by atoms with Crippen molar-refractivity contribution in [1.82, 2.24) is 5.32 Å². The normalized spacial score (nSPS) is 11.2. The number of ketones is 1. The number of carbonyl (C=O) groups excluding carboxylic acids is 3. The Morgan fingerprint density at radius 2 is 1.42 bits per heavy atom. The van der Waals surface area contributed by atoms with Crippen LogP contribution in [0.3, 0.4) is 0 Å². The molecule has 0 bridgehead atoms. The van der Waals surface area contributed by atoms with E-state index >= 15 is 0 Å². The molecule has 1 heterocycles. The third-order valence-corrected chi connectivity index (χ3v) is 6.34. The first kappa shape index (κ1) is 28.6. The van der Waals surface area contributed by atoms with Gasteiger partial charge in [-0.2, -0.15) is 0 Å². The van der Waals surface area contributed by atoms with Gasteiger partial charge in [-0.15, -0.1) is 0 Å². The summed E-state index contributed by atoms with van der Waals surface area (Å²) >= 11 is 0. The fourth-order valence-electron chi connectivity index (χ4n) is 4.06. The Balaban J connectivity index is 1.18. The summed E-state index contributed by atoms with van der Waals surface area (Å²) in [5.74, 6) is -0.0188. The fourth-order valence-corrected chi connectivity index (χ4v) is 4.06. The minimum atomic E-state index is -0.546. The van der Waals surface area contributed by atoms with Crippen LogP contribution >= 0.6 is 0 Å². The lowest BCUT2D eigenvalue weighted by Gasteiger charge is -2.11. The lowest BCUT2D eigenvalue weighted by molar-refractivity contribution is -0.113. The van der Waals surface area contributed by atoms with Crippen molar-refractivity contribution in [3.8, 4) is 5.75 Å². The number of amides is 2. The topological polar surface area (TPSA) is 97.6 Å². The fraction of sp³-hybridized carbons (Fsp3) is 0.0278. The molecule has 5 rings (SSSR count). The van der Waals surface area contributed by atoms with Crippen LogP contribution in [0.1, 0.15) is 37.6 Å². The van der Waals surface area contributed by atoms with Gasteiger partial charge in [0.2, 0.25) is 0 Å². The summed E-state index contributed by atoms with van der Waals surface area (Å²) in [6.07, 6.45) is 6.15. The monoisotopic (exact) mass is 568 g/mol. The molecule has 0 fully saturated rings. The van der Waals surface area contributed by atoms with Crippen LogP contribution in [0, 0.1) is 0 Å². The molecule has 0 aliphatic rings. The third kappa shape index (κ3) is 8.28. The molecule has 1 aromatic heterocycles. The molecule has 0 spiro atoms. The second-order valence-corrected chi connectivity index (χ2v) is 9.47. The quantitative estimate of drug-likeness (QED) is 0.130. The number of anilines is 1. The first-order valence-electron chi connectivity index (χ1n) is 13.6. The highest BCUT2D eigenvalue weighted by atomic mass is 16.5. The van der Waals surface area contributed by atoms with Crippen molar-refractivity contribution in [2.45, 2.75) is 6.61 Å². The summed E-state index contributed by atoms with van der Waals surface area (Å²) in [6.45, 7) is 0.481. The summed E-state index contributed by atoms with van der Waals surface area (Å²) < 4.78 is 11.1. The molecule has 0 aliphatic heterocycles. The number of carbonyl (C=O) groups is 3. The van der Waals surface area contributed by atoms with Crippen LogP contribution in [0.5, 0.6) is 5.75 Å². The zero-order chi connectivity index (χ0) is 29.9. The number of hydrogen-bond acceptors (Lipinski definition) is 5. The highest BCUT2D eigenvalue weighted by molar-refractivity contribution is 6.11. The highest BCUT2D eigenvalue weighted by Gasteiger charge is 2.16. The van der Waals surface area contributed by atoms with Gasteiger partial charge in [0.1, 0.15) is 23.8 Å². The summed E-state index contributed by atoms with van der Waals surface area (Å²) in [7, 11) is 0. The number of ether oxygens (including phenoxy) is 1. The van der Waals surface area contributed by atoms with E-state index in [0.717, 1.165) is 16.9 Å². The molecule has 5 aromatic rings. The van der Waals surface area contributed by atoms with Gasteiger partial charge in [0, 0.05) is 22.9 Å². The Hall–Kier alpha value is -5.95. The molecule has 0 saturated carbocycles. The standard InChI is InChI=1S/C36H28N2O5/c39-34(22-15-26-13-20-31(21-14-26)43-25-27-8-3-1-4-9-27)28-16-18-30(19-17-28)37-36(41)33(24-32-12-7-23-42-32)38-35(40)29-10-5-2-6-11-29/h1-24H,25H2,(H,37,41)(H,38,40)/b22-15+,33-24-. The van der Waals surface area contributed by atoms with Gasteiger partial charge in [0.25, 0.3) is 11.8 Å². The maximum Gasteiger partial charge on any atom is 0.272 e. The van der Waals surface area contributed by atoms with Crippen molar-refractivity contribution in [3.63, 3.8) is 0 Å². The van der Waals surface area contributed by atoms with Gasteiger partial charge in [-0.3, -0.25) is 14.4 Å². The summed E-state index contributed by atoms with van der Waals surface area (Å²) in [6, 6.07) is 35.8. The van der Waals surface area contributed by atoms with E-state index in [2.05, 4.69) is 10.6 Å². The molecule has 0 aliphatic carbocycles. The second-order valence-electron chi connectivity index (χ2n) is 9.47. The molecule has 7 nitrogen and oxygen atoms in total. The number of benzene rings is 4. The molecule has 0 unspecified atom stereocenters.